The molecule has 0 bridgehead atoms. The molecule has 0 saturated heterocycles. The molecule has 0 spiro atoms. The van der Waals surface area contributed by atoms with E-state index in [4.69, 9.17) is 10.7 Å². The highest BCUT2D eigenvalue weighted by atomic mass is 32.2. The molecule has 174 valence electrons. The molecule has 0 amide bonds. The van der Waals surface area contributed by atoms with Gasteiger partial charge in [0.05, 0.1) is 18.2 Å². The van der Waals surface area contributed by atoms with Gasteiger partial charge in [-0.15, -0.1) is 23.5 Å². The minimum absolute atomic E-state index is 0.305. The zero-order valence-corrected chi connectivity index (χ0v) is 21.2. The monoisotopic (exact) mass is 479 g/mol. The van der Waals surface area contributed by atoms with Crippen LogP contribution in [0.25, 0.3) is 0 Å². The van der Waals surface area contributed by atoms with Crippen molar-refractivity contribution in [1.82, 2.24) is 5.32 Å². The van der Waals surface area contributed by atoms with Crippen molar-refractivity contribution >= 4 is 29.4 Å². The number of nitrogens with two attached hydrogens (primary N) is 1. The van der Waals surface area contributed by atoms with Crippen molar-refractivity contribution in [2.75, 3.05) is 11.5 Å². The number of aliphatic imine (C=N–C) groups is 1. The molecule has 0 unspecified atom stereocenters. The van der Waals surface area contributed by atoms with Gasteiger partial charge in [-0.25, -0.2) is 4.99 Å². The molecule has 1 aliphatic carbocycles. The van der Waals surface area contributed by atoms with Crippen LogP contribution in [0.4, 0.5) is 0 Å². The van der Waals surface area contributed by atoms with Gasteiger partial charge in [0.25, 0.3) is 0 Å². The van der Waals surface area contributed by atoms with E-state index in [1.165, 1.54) is 0 Å². The Morgan fingerprint density at radius 2 is 1.73 bits per heavy atom. The number of nitrogens with zero attached hydrogens (tertiary/aromatic N) is 3. The van der Waals surface area contributed by atoms with E-state index < -0.39 is 21.1 Å². The molecule has 0 radical (unpaired) electrons. The molecule has 0 fully saturated rings. The molecule has 2 aliphatic heterocycles. The summed E-state index contributed by atoms with van der Waals surface area (Å²) in [5.74, 6) is 2.09. The van der Waals surface area contributed by atoms with Gasteiger partial charge in [0.2, 0.25) is 0 Å². The molecule has 7 heteroatoms. The smallest absolute Gasteiger partial charge is 0.178 e. The number of allylic oxidation sites excluding steroid dienone is 1. The van der Waals surface area contributed by atoms with Gasteiger partial charge in [-0.2, -0.15) is 10.5 Å². The number of amidine groups is 1. The van der Waals surface area contributed by atoms with Crippen LogP contribution in [0, 0.1) is 33.5 Å². The maximum atomic E-state index is 11.1. The highest BCUT2D eigenvalue weighted by Crippen LogP contribution is 2.72. The van der Waals surface area contributed by atoms with Crippen molar-refractivity contribution < 1.29 is 0 Å². The molecule has 1 aromatic rings. The molecule has 4 rings (SSSR count). The van der Waals surface area contributed by atoms with Gasteiger partial charge < -0.3 is 11.1 Å². The number of hydrogen-bond donors (Lipinski definition) is 2. The Morgan fingerprint density at radius 1 is 1.06 bits per heavy atom. The molecular weight excluding hydrogens is 446 g/mol. The third kappa shape index (κ3) is 3.39. The SMILES string of the molecule is CCCCSC1(SCCCC)N=C(N)[C@]2(C#N)[C@@H](c3ccccc3)NC3=C(CCC3)[C@]12C#N. The largest absolute Gasteiger partial charge is 0.386 e. The minimum atomic E-state index is -1.26. The lowest BCUT2D eigenvalue weighted by atomic mass is 9.55. The predicted octanol–water partition coefficient (Wildman–Crippen LogP) is 5.88. The highest BCUT2D eigenvalue weighted by molar-refractivity contribution is 8.18. The summed E-state index contributed by atoms with van der Waals surface area (Å²) < 4.78 is -0.814. The summed E-state index contributed by atoms with van der Waals surface area (Å²) in [5, 5.41) is 25.7. The lowest BCUT2D eigenvalue weighted by molar-refractivity contribution is 0.200. The maximum absolute atomic E-state index is 11.1. The Hall–Kier alpha value is -2.09. The fraction of sp³-hybridized carbons (Fsp3) is 0.577. The van der Waals surface area contributed by atoms with Crippen molar-refractivity contribution in [3.05, 3.63) is 47.2 Å². The van der Waals surface area contributed by atoms with Gasteiger partial charge in [0, 0.05) is 5.70 Å². The summed E-state index contributed by atoms with van der Waals surface area (Å²) in [6.07, 6.45) is 6.94. The first-order valence-corrected chi connectivity index (χ1v) is 14.0. The summed E-state index contributed by atoms with van der Waals surface area (Å²) in [5.41, 5.74) is 7.58. The van der Waals surface area contributed by atoms with Gasteiger partial charge in [-0.1, -0.05) is 57.0 Å². The van der Waals surface area contributed by atoms with Crippen LogP contribution in [0.1, 0.15) is 70.4 Å². The average Bonchev–Trinajstić information content (AvgIpc) is 3.39. The standard InChI is InChI=1S/C26H33N5S2/c1-3-5-15-32-26(33-16-6-4-2)25(18-28)20-13-10-14-21(20)30-22(19-11-8-7-9-12-19)24(25,17-27)23(29)31-26/h7-9,11-12,22,30H,3-6,10,13-16H2,1-2H3,(H2,29,31)/t22-,24+,25+/m1/s1. The van der Waals surface area contributed by atoms with Gasteiger partial charge in [0.1, 0.15) is 5.84 Å². The van der Waals surface area contributed by atoms with E-state index >= 15 is 0 Å². The lowest BCUT2D eigenvalue weighted by Gasteiger charge is -2.52. The van der Waals surface area contributed by atoms with E-state index in [1.54, 1.807) is 23.5 Å². The number of thioether (sulfide) groups is 2. The summed E-state index contributed by atoms with van der Waals surface area (Å²) >= 11 is 3.48. The van der Waals surface area contributed by atoms with E-state index in [-0.39, 0.29) is 0 Å². The maximum Gasteiger partial charge on any atom is 0.178 e. The first-order chi connectivity index (χ1) is 16.1. The Labute approximate surface area is 206 Å². The van der Waals surface area contributed by atoms with E-state index in [9.17, 15) is 10.5 Å². The summed E-state index contributed by atoms with van der Waals surface area (Å²) in [6, 6.07) is 15.0. The molecule has 0 aromatic heterocycles. The van der Waals surface area contributed by atoms with Gasteiger partial charge in [0.15, 0.2) is 15.0 Å². The summed E-state index contributed by atoms with van der Waals surface area (Å²) in [4.78, 5) is 5.13. The van der Waals surface area contributed by atoms with Crippen molar-refractivity contribution in [1.29, 1.82) is 10.5 Å². The first kappa shape index (κ1) is 24.0. The quantitative estimate of drug-likeness (QED) is 0.339. The van der Waals surface area contributed by atoms with Crippen LogP contribution in [0.3, 0.4) is 0 Å². The number of nitriles is 2. The predicted molar refractivity (Wildman–Crippen MR) is 138 cm³/mol. The number of nitrogens with one attached hydrogen (secondary N) is 1. The number of fused-ring (bicyclic) bond motifs is 2. The Kier molecular flexibility index (Phi) is 7.03. The molecule has 1 aromatic carbocycles. The second kappa shape index (κ2) is 9.65. The number of benzene rings is 1. The Morgan fingerprint density at radius 3 is 2.30 bits per heavy atom. The summed E-state index contributed by atoms with van der Waals surface area (Å²) in [6.45, 7) is 4.36. The van der Waals surface area contributed by atoms with E-state index in [1.807, 2.05) is 30.3 Å². The molecule has 5 nitrogen and oxygen atoms in total. The van der Waals surface area contributed by atoms with Crippen LogP contribution in [0.2, 0.25) is 0 Å². The van der Waals surface area contributed by atoms with Gasteiger partial charge >= 0.3 is 0 Å². The second-order valence-corrected chi connectivity index (χ2v) is 11.9. The molecule has 33 heavy (non-hydrogen) atoms. The van der Waals surface area contributed by atoms with E-state index in [2.05, 4.69) is 31.3 Å². The molecular formula is C26H33N5S2. The van der Waals surface area contributed by atoms with Crippen LogP contribution >= 0.6 is 23.5 Å². The zero-order chi connectivity index (χ0) is 23.5. The molecule has 3 N–H and O–H groups in total. The molecule has 3 atom stereocenters. The average molecular weight is 480 g/mol. The van der Waals surface area contributed by atoms with Crippen LogP contribution in [0.15, 0.2) is 46.6 Å². The Balaban J connectivity index is 1.97. The highest BCUT2D eigenvalue weighted by Gasteiger charge is 2.77. The molecule has 0 saturated carbocycles. The number of unbranched alkanes of at least 4 members (excludes halogenated alkanes) is 2. The topological polar surface area (TPSA) is 98.0 Å². The fourth-order valence-corrected chi connectivity index (χ4v) is 9.28. The molecule has 2 heterocycles. The van der Waals surface area contributed by atoms with Crippen molar-refractivity contribution in [2.45, 2.75) is 69.0 Å². The summed E-state index contributed by atoms with van der Waals surface area (Å²) in [7, 11) is 0. The normalized spacial score (nSPS) is 29.5. The minimum Gasteiger partial charge on any atom is -0.386 e. The number of hydrogen-bond acceptors (Lipinski definition) is 7. The number of rotatable bonds is 9. The second-order valence-electron chi connectivity index (χ2n) is 9.06. The van der Waals surface area contributed by atoms with Gasteiger partial charge in [-0.05, 0) is 54.7 Å². The lowest BCUT2D eigenvalue weighted by Crippen LogP contribution is -2.61. The van der Waals surface area contributed by atoms with Crippen LogP contribution in [-0.2, 0) is 0 Å². The third-order valence-corrected chi connectivity index (χ3v) is 10.5. The van der Waals surface area contributed by atoms with Gasteiger partial charge in [-0.3, -0.25) is 0 Å². The van der Waals surface area contributed by atoms with Crippen molar-refractivity contribution in [3.63, 3.8) is 0 Å². The zero-order valence-electron chi connectivity index (χ0n) is 19.6. The first-order valence-electron chi connectivity index (χ1n) is 12.1. The van der Waals surface area contributed by atoms with Crippen LogP contribution in [0.5, 0.6) is 0 Å². The third-order valence-electron chi connectivity index (χ3n) is 7.23. The van der Waals surface area contributed by atoms with Crippen LogP contribution < -0.4 is 11.1 Å². The van der Waals surface area contributed by atoms with Crippen molar-refractivity contribution in [2.24, 2.45) is 21.6 Å². The van der Waals surface area contributed by atoms with E-state index in [0.29, 0.717) is 5.84 Å². The van der Waals surface area contributed by atoms with Crippen LogP contribution in [-0.4, -0.2) is 21.5 Å². The van der Waals surface area contributed by atoms with E-state index in [0.717, 1.165) is 73.3 Å². The van der Waals surface area contributed by atoms with Crippen molar-refractivity contribution in [3.8, 4) is 12.1 Å². The molecule has 3 aliphatic rings. The fourth-order valence-electron chi connectivity index (χ4n) is 5.61. The Bertz CT molecular complexity index is 1010.